The lowest BCUT2D eigenvalue weighted by molar-refractivity contribution is 0.0525. The first-order valence-corrected chi connectivity index (χ1v) is 7.94. The van der Waals surface area contributed by atoms with E-state index in [1.54, 1.807) is 6.92 Å². The number of nitrogens with one attached hydrogen (secondary N) is 1. The molecule has 0 saturated heterocycles. The van der Waals surface area contributed by atoms with Crippen LogP contribution in [0, 0.1) is 6.92 Å². The molecule has 108 valence electrons. The van der Waals surface area contributed by atoms with Gasteiger partial charge >= 0.3 is 5.97 Å². The van der Waals surface area contributed by atoms with E-state index in [1.165, 1.54) is 28.7 Å². The zero-order valence-corrected chi connectivity index (χ0v) is 13.0. The Kier molecular flexibility index (Phi) is 3.89. The Hall–Kier alpha value is -1.93. The first-order chi connectivity index (χ1) is 10.2. The van der Waals surface area contributed by atoms with Gasteiger partial charge in [-0.3, -0.25) is 0 Å². The predicted octanol–water partition coefficient (Wildman–Crippen LogP) is 3.05. The maximum Gasteiger partial charge on any atom is 0.369 e. The number of fused-ring (bicyclic) bond motifs is 1. The van der Waals surface area contributed by atoms with E-state index in [4.69, 9.17) is 4.74 Å². The zero-order valence-electron chi connectivity index (χ0n) is 11.4. The van der Waals surface area contributed by atoms with Crippen molar-refractivity contribution in [2.75, 3.05) is 6.61 Å². The van der Waals surface area contributed by atoms with Gasteiger partial charge in [-0.25, -0.2) is 9.78 Å². The first kappa shape index (κ1) is 14.0. The van der Waals surface area contributed by atoms with Gasteiger partial charge in [0.25, 0.3) is 0 Å². The monoisotopic (exact) mass is 320 g/mol. The molecule has 0 spiro atoms. The SMILES string of the molecule is CCOC(=O)c1nnc(Sc2nc3ccc(C)cc3[nH]2)s1. The van der Waals surface area contributed by atoms with Crippen LogP contribution in [-0.2, 0) is 4.74 Å². The number of carbonyl (C=O) groups excluding carboxylic acids is 1. The molecule has 0 aliphatic rings. The van der Waals surface area contributed by atoms with E-state index in [-0.39, 0.29) is 5.01 Å². The molecule has 0 amide bonds. The highest BCUT2D eigenvalue weighted by molar-refractivity contribution is 8.00. The van der Waals surface area contributed by atoms with Crippen molar-refractivity contribution in [3.05, 3.63) is 28.8 Å². The summed E-state index contributed by atoms with van der Waals surface area (Å²) in [6, 6.07) is 6.02. The molecule has 0 unspecified atom stereocenters. The fraction of sp³-hybridized carbons (Fsp3) is 0.231. The second-order valence-electron chi connectivity index (χ2n) is 4.26. The second kappa shape index (κ2) is 5.82. The average molecular weight is 320 g/mol. The number of ether oxygens (including phenoxy) is 1. The van der Waals surface area contributed by atoms with Crippen LogP contribution in [0.5, 0.6) is 0 Å². The summed E-state index contributed by atoms with van der Waals surface area (Å²) in [6.07, 6.45) is 0. The first-order valence-electron chi connectivity index (χ1n) is 6.30. The smallest absolute Gasteiger partial charge is 0.369 e. The van der Waals surface area contributed by atoms with Gasteiger partial charge in [0.2, 0.25) is 5.01 Å². The Morgan fingerprint density at radius 3 is 3.10 bits per heavy atom. The third-order valence-corrected chi connectivity index (χ3v) is 4.50. The van der Waals surface area contributed by atoms with Gasteiger partial charge in [-0.1, -0.05) is 17.4 Å². The molecule has 0 saturated carbocycles. The molecule has 1 aromatic carbocycles. The van der Waals surface area contributed by atoms with Gasteiger partial charge in [-0.05, 0) is 43.3 Å². The number of rotatable bonds is 4. The van der Waals surface area contributed by atoms with Crippen LogP contribution in [0.4, 0.5) is 0 Å². The van der Waals surface area contributed by atoms with Crippen LogP contribution < -0.4 is 0 Å². The molecule has 0 radical (unpaired) electrons. The Bertz CT molecular complexity index is 796. The molecule has 6 nitrogen and oxygen atoms in total. The van der Waals surface area contributed by atoms with Crippen LogP contribution in [0.15, 0.2) is 27.7 Å². The van der Waals surface area contributed by atoms with Crippen molar-refractivity contribution in [3.63, 3.8) is 0 Å². The maximum atomic E-state index is 11.5. The van der Waals surface area contributed by atoms with Crippen LogP contribution in [0.25, 0.3) is 11.0 Å². The summed E-state index contributed by atoms with van der Waals surface area (Å²) in [5.74, 6) is -0.443. The quantitative estimate of drug-likeness (QED) is 0.744. The molecule has 2 aromatic heterocycles. The van der Waals surface area contributed by atoms with Crippen molar-refractivity contribution in [3.8, 4) is 0 Å². The number of carbonyl (C=O) groups is 1. The summed E-state index contributed by atoms with van der Waals surface area (Å²) >= 11 is 2.54. The number of hydrogen-bond donors (Lipinski definition) is 1. The van der Waals surface area contributed by atoms with E-state index in [1.807, 2.05) is 25.1 Å². The third-order valence-electron chi connectivity index (χ3n) is 2.66. The summed E-state index contributed by atoms with van der Waals surface area (Å²) < 4.78 is 5.54. The summed E-state index contributed by atoms with van der Waals surface area (Å²) in [7, 11) is 0. The fourth-order valence-corrected chi connectivity index (χ4v) is 3.42. The normalized spacial score (nSPS) is 11.0. The van der Waals surface area contributed by atoms with Crippen LogP contribution in [-0.4, -0.2) is 32.7 Å². The summed E-state index contributed by atoms with van der Waals surface area (Å²) in [4.78, 5) is 19.2. The molecule has 0 fully saturated rings. The van der Waals surface area contributed by atoms with E-state index in [9.17, 15) is 4.79 Å². The Balaban J connectivity index is 1.80. The summed E-state index contributed by atoms with van der Waals surface area (Å²) in [6.45, 7) is 4.11. The third kappa shape index (κ3) is 3.06. The average Bonchev–Trinajstić information content (AvgIpc) is 3.05. The Morgan fingerprint density at radius 1 is 1.43 bits per heavy atom. The van der Waals surface area contributed by atoms with E-state index in [0.717, 1.165) is 16.2 Å². The maximum absolute atomic E-state index is 11.5. The molecule has 0 bridgehead atoms. The van der Waals surface area contributed by atoms with Gasteiger partial charge < -0.3 is 9.72 Å². The second-order valence-corrected chi connectivity index (χ2v) is 6.47. The van der Waals surface area contributed by atoms with E-state index in [0.29, 0.717) is 10.9 Å². The fourth-order valence-electron chi connectivity index (χ4n) is 1.76. The van der Waals surface area contributed by atoms with Gasteiger partial charge in [-0.2, -0.15) is 0 Å². The minimum Gasteiger partial charge on any atom is -0.461 e. The molecule has 3 rings (SSSR count). The molecule has 0 aliphatic heterocycles. The lowest BCUT2D eigenvalue weighted by Crippen LogP contribution is -2.03. The molecule has 2 heterocycles. The van der Waals surface area contributed by atoms with Crippen molar-refractivity contribution in [2.24, 2.45) is 0 Å². The lowest BCUT2D eigenvalue weighted by atomic mass is 10.2. The van der Waals surface area contributed by atoms with Crippen molar-refractivity contribution in [1.82, 2.24) is 20.2 Å². The number of nitrogens with zero attached hydrogens (tertiary/aromatic N) is 3. The highest BCUT2D eigenvalue weighted by Crippen LogP contribution is 2.30. The standard InChI is InChI=1S/C13H12N4O2S2/c1-3-19-11(18)10-16-17-13(20-10)21-12-14-8-5-4-7(2)6-9(8)15-12/h4-6H,3H2,1-2H3,(H,14,15). The number of aromatic nitrogens is 4. The number of aromatic amines is 1. The van der Waals surface area contributed by atoms with E-state index >= 15 is 0 Å². The van der Waals surface area contributed by atoms with Crippen LogP contribution in [0.2, 0.25) is 0 Å². The van der Waals surface area contributed by atoms with E-state index in [2.05, 4.69) is 20.2 Å². The van der Waals surface area contributed by atoms with Gasteiger partial charge in [0.05, 0.1) is 17.6 Å². The number of benzene rings is 1. The molecule has 1 N–H and O–H groups in total. The topological polar surface area (TPSA) is 80.8 Å². The number of imidazole rings is 1. The van der Waals surface area contributed by atoms with Crippen molar-refractivity contribution < 1.29 is 9.53 Å². The highest BCUT2D eigenvalue weighted by atomic mass is 32.2. The van der Waals surface area contributed by atoms with Crippen molar-refractivity contribution in [2.45, 2.75) is 23.3 Å². The minimum absolute atomic E-state index is 0.256. The number of hydrogen-bond acceptors (Lipinski definition) is 7. The zero-order chi connectivity index (χ0) is 14.8. The Morgan fingerprint density at radius 2 is 2.29 bits per heavy atom. The molecule has 0 atom stereocenters. The molecule has 8 heteroatoms. The summed E-state index contributed by atoms with van der Waals surface area (Å²) in [5.41, 5.74) is 3.05. The molecule has 3 aromatic rings. The number of esters is 1. The molecule has 21 heavy (non-hydrogen) atoms. The van der Waals surface area contributed by atoms with Crippen molar-refractivity contribution >= 4 is 40.1 Å². The van der Waals surface area contributed by atoms with Gasteiger partial charge in [0, 0.05) is 0 Å². The Labute approximate surface area is 129 Å². The highest BCUT2D eigenvalue weighted by Gasteiger charge is 2.15. The van der Waals surface area contributed by atoms with Gasteiger partial charge in [0.1, 0.15) is 0 Å². The van der Waals surface area contributed by atoms with Gasteiger partial charge in [-0.15, -0.1) is 10.2 Å². The number of aryl methyl sites for hydroxylation is 1. The molecular weight excluding hydrogens is 308 g/mol. The predicted molar refractivity (Wildman–Crippen MR) is 80.8 cm³/mol. The summed E-state index contributed by atoms with van der Waals surface area (Å²) in [5, 5.41) is 8.78. The van der Waals surface area contributed by atoms with Gasteiger partial charge in [0.15, 0.2) is 9.50 Å². The van der Waals surface area contributed by atoms with Crippen molar-refractivity contribution in [1.29, 1.82) is 0 Å². The molecule has 0 aliphatic carbocycles. The van der Waals surface area contributed by atoms with Crippen LogP contribution in [0.1, 0.15) is 22.3 Å². The molecular formula is C13H12N4O2S2. The minimum atomic E-state index is -0.443. The van der Waals surface area contributed by atoms with Crippen LogP contribution >= 0.6 is 23.1 Å². The lowest BCUT2D eigenvalue weighted by Gasteiger charge is -1.94. The van der Waals surface area contributed by atoms with Crippen LogP contribution in [0.3, 0.4) is 0 Å². The largest absolute Gasteiger partial charge is 0.461 e. The number of H-pyrrole nitrogens is 1. The van der Waals surface area contributed by atoms with E-state index < -0.39 is 5.97 Å².